The number of aliphatic hydroxyl groups is 1. The molecule has 5 nitrogen and oxygen atoms in total. The fraction of sp³-hybridized carbons (Fsp3) is 0.818. The minimum Gasteiger partial charge on any atom is -0.389 e. The number of β-amino-alcohol motifs (C(OH)–C–C–N with tert-alkyl or cyclic N) is 1. The molecule has 1 saturated heterocycles. The molecule has 2 rings (SSSR count). The molecule has 1 aliphatic heterocycles. The lowest BCUT2D eigenvalue weighted by molar-refractivity contribution is 0.0345. The second-order valence-electron chi connectivity index (χ2n) is 5.18. The Kier molecular flexibility index (Phi) is 3.65. The van der Waals surface area contributed by atoms with Crippen LogP contribution >= 0.6 is 11.3 Å². The van der Waals surface area contributed by atoms with E-state index in [1.165, 1.54) is 0 Å². The first-order valence-corrected chi connectivity index (χ1v) is 6.75. The Balaban J connectivity index is 1.86. The van der Waals surface area contributed by atoms with E-state index in [1.807, 2.05) is 20.8 Å². The predicted octanol–water partition coefficient (Wildman–Crippen LogP) is 0.739. The van der Waals surface area contributed by atoms with Crippen LogP contribution in [0.25, 0.3) is 0 Å². The summed E-state index contributed by atoms with van der Waals surface area (Å²) in [7, 11) is 0. The second-order valence-corrected chi connectivity index (χ2v) is 6.34. The lowest BCUT2D eigenvalue weighted by Gasteiger charge is -2.36. The highest BCUT2D eigenvalue weighted by Gasteiger charge is 2.23. The van der Waals surface area contributed by atoms with Crippen LogP contribution in [0.3, 0.4) is 0 Å². The molecular formula is C11H20N4OS. The second kappa shape index (κ2) is 4.88. The summed E-state index contributed by atoms with van der Waals surface area (Å²) in [5.74, 6) is 0. The van der Waals surface area contributed by atoms with Gasteiger partial charge in [-0.2, -0.15) is 0 Å². The highest BCUT2D eigenvalue weighted by atomic mass is 32.1. The average Bonchev–Trinajstić information content (AvgIpc) is 2.63. The van der Waals surface area contributed by atoms with Crippen molar-refractivity contribution in [2.24, 2.45) is 0 Å². The molecular weight excluding hydrogens is 236 g/mol. The van der Waals surface area contributed by atoms with Crippen molar-refractivity contribution in [3.05, 3.63) is 5.01 Å². The fourth-order valence-electron chi connectivity index (χ4n) is 2.06. The van der Waals surface area contributed by atoms with Gasteiger partial charge in [0.2, 0.25) is 5.13 Å². The molecule has 0 aliphatic carbocycles. The number of aryl methyl sites for hydroxylation is 1. The van der Waals surface area contributed by atoms with E-state index in [2.05, 4.69) is 20.0 Å². The normalized spacial score (nSPS) is 18.7. The van der Waals surface area contributed by atoms with Crippen LogP contribution in [0.15, 0.2) is 0 Å². The smallest absolute Gasteiger partial charge is 0.208 e. The van der Waals surface area contributed by atoms with Crippen molar-refractivity contribution in [1.82, 2.24) is 15.1 Å². The predicted molar refractivity (Wildman–Crippen MR) is 69.6 cm³/mol. The summed E-state index contributed by atoms with van der Waals surface area (Å²) < 4.78 is 0. The van der Waals surface area contributed by atoms with Crippen molar-refractivity contribution in [3.8, 4) is 0 Å². The van der Waals surface area contributed by atoms with Gasteiger partial charge < -0.3 is 10.0 Å². The van der Waals surface area contributed by atoms with Crippen LogP contribution in [0.1, 0.15) is 18.9 Å². The third-order valence-corrected chi connectivity index (χ3v) is 3.67. The molecule has 0 radical (unpaired) electrons. The lowest BCUT2D eigenvalue weighted by atomic mass is 10.1. The van der Waals surface area contributed by atoms with E-state index in [-0.39, 0.29) is 0 Å². The van der Waals surface area contributed by atoms with Crippen LogP contribution in [0.4, 0.5) is 5.13 Å². The Bertz CT molecular complexity index is 366. The van der Waals surface area contributed by atoms with Crippen molar-refractivity contribution >= 4 is 16.5 Å². The summed E-state index contributed by atoms with van der Waals surface area (Å²) in [6, 6.07) is 0. The van der Waals surface area contributed by atoms with Gasteiger partial charge in [0.1, 0.15) is 5.01 Å². The number of aromatic nitrogens is 2. The molecule has 96 valence electrons. The zero-order valence-corrected chi connectivity index (χ0v) is 11.5. The number of rotatable bonds is 3. The Morgan fingerprint density at radius 1 is 1.24 bits per heavy atom. The van der Waals surface area contributed by atoms with Gasteiger partial charge >= 0.3 is 0 Å². The van der Waals surface area contributed by atoms with Crippen molar-refractivity contribution < 1.29 is 5.11 Å². The Morgan fingerprint density at radius 2 is 1.88 bits per heavy atom. The molecule has 1 aliphatic rings. The molecule has 0 bridgehead atoms. The lowest BCUT2D eigenvalue weighted by Crippen LogP contribution is -2.50. The quantitative estimate of drug-likeness (QED) is 0.864. The van der Waals surface area contributed by atoms with Crippen LogP contribution < -0.4 is 4.90 Å². The molecule has 0 atom stereocenters. The highest BCUT2D eigenvalue weighted by Crippen LogP contribution is 2.21. The average molecular weight is 256 g/mol. The van der Waals surface area contributed by atoms with Gasteiger partial charge in [-0.1, -0.05) is 11.3 Å². The number of hydrogen-bond donors (Lipinski definition) is 1. The Morgan fingerprint density at radius 3 is 2.35 bits per heavy atom. The molecule has 17 heavy (non-hydrogen) atoms. The van der Waals surface area contributed by atoms with Gasteiger partial charge in [0.05, 0.1) is 5.60 Å². The van der Waals surface area contributed by atoms with E-state index < -0.39 is 5.60 Å². The number of piperazine rings is 1. The van der Waals surface area contributed by atoms with Crippen molar-refractivity contribution in [2.45, 2.75) is 26.4 Å². The summed E-state index contributed by atoms with van der Waals surface area (Å²) in [5, 5.41) is 20.0. The van der Waals surface area contributed by atoms with E-state index >= 15 is 0 Å². The Hall–Kier alpha value is -0.720. The van der Waals surface area contributed by atoms with Gasteiger partial charge in [-0.25, -0.2) is 0 Å². The zero-order valence-electron chi connectivity index (χ0n) is 10.7. The van der Waals surface area contributed by atoms with Crippen LogP contribution in [0.2, 0.25) is 0 Å². The van der Waals surface area contributed by atoms with Gasteiger partial charge in [-0.05, 0) is 20.8 Å². The number of nitrogens with zero attached hydrogens (tertiary/aromatic N) is 4. The van der Waals surface area contributed by atoms with Gasteiger partial charge in [-0.3, -0.25) is 4.90 Å². The van der Waals surface area contributed by atoms with E-state index in [9.17, 15) is 5.11 Å². The molecule has 1 aromatic rings. The molecule has 0 unspecified atom stereocenters. The monoisotopic (exact) mass is 256 g/mol. The standard InChI is InChI=1S/C11H20N4OS/c1-9-12-13-10(17-9)15-6-4-14(5-7-15)8-11(2,3)16/h16H,4-8H2,1-3H3. The zero-order chi connectivity index (χ0) is 12.5. The van der Waals surface area contributed by atoms with Crippen LogP contribution in [-0.4, -0.2) is 58.5 Å². The Labute approximate surface area is 106 Å². The molecule has 1 aromatic heterocycles. The maximum atomic E-state index is 9.78. The van der Waals surface area contributed by atoms with Crippen LogP contribution in [0.5, 0.6) is 0 Å². The maximum absolute atomic E-state index is 9.78. The van der Waals surface area contributed by atoms with Gasteiger partial charge in [0, 0.05) is 32.7 Å². The van der Waals surface area contributed by atoms with E-state index in [1.54, 1.807) is 11.3 Å². The fourth-order valence-corrected chi connectivity index (χ4v) is 2.80. The molecule has 0 spiro atoms. The van der Waals surface area contributed by atoms with Crippen molar-refractivity contribution in [3.63, 3.8) is 0 Å². The molecule has 1 N–H and O–H groups in total. The molecule has 0 saturated carbocycles. The molecule has 0 aromatic carbocycles. The first-order valence-electron chi connectivity index (χ1n) is 5.94. The van der Waals surface area contributed by atoms with E-state index in [0.717, 1.165) is 42.9 Å². The van der Waals surface area contributed by atoms with Gasteiger partial charge in [0.15, 0.2) is 0 Å². The van der Waals surface area contributed by atoms with Gasteiger partial charge in [0.25, 0.3) is 0 Å². The summed E-state index contributed by atoms with van der Waals surface area (Å²) in [6.45, 7) is 10.3. The van der Waals surface area contributed by atoms with Crippen LogP contribution in [-0.2, 0) is 0 Å². The number of anilines is 1. The number of hydrogen-bond acceptors (Lipinski definition) is 6. The first kappa shape index (κ1) is 12.7. The first-order chi connectivity index (χ1) is 7.94. The summed E-state index contributed by atoms with van der Waals surface area (Å²) >= 11 is 1.64. The molecule has 0 amide bonds. The minimum absolute atomic E-state index is 0.610. The van der Waals surface area contributed by atoms with Crippen molar-refractivity contribution in [2.75, 3.05) is 37.6 Å². The third-order valence-electron chi connectivity index (χ3n) is 2.77. The minimum atomic E-state index is -0.610. The van der Waals surface area contributed by atoms with Crippen LogP contribution in [0, 0.1) is 6.92 Å². The van der Waals surface area contributed by atoms with Crippen molar-refractivity contribution in [1.29, 1.82) is 0 Å². The van der Waals surface area contributed by atoms with E-state index in [0.29, 0.717) is 0 Å². The largest absolute Gasteiger partial charge is 0.389 e. The molecule has 6 heteroatoms. The third kappa shape index (κ3) is 3.62. The summed E-state index contributed by atoms with van der Waals surface area (Å²) in [6.07, 6.45) is 0. The summed E-state index contributed by atoms with van der Waals surface area (Å²) in [4.78, 5) is 4.57. The van der Waals surface area contributed by atoms with Gasteiger partial charge in [-0.15, -0.1) is 10.2 Å². The molecule has 2 heterocycles. The summed E-state index contributed by atoms with van der Waals surface area (Å²) in [5.41, 5.74) is -0.610. The molecule has 1 fully saturated rings. The SMILES string of the molecule is Cc1nnc(N2CCN(CC(C)(C)O)CC2)s1. The topological polar surface area (TPSA) is 52.5 Å². The highest BCUT2D eigenvalue weighted by molar-refractivity contribution is 7.15. The maximum Gasteiger partial charge on any atom is 0.208 e. The van der Waals surface area contributed by atoms with E-state index in [4.69, 9.17) is 0 Å².